The van der Waals surface area contributed by atoms with Gasteiger partial charge in [0, 0.05) is 31.1 Å². The quantitative estimate of drug-likeness (QED) is 0.679. The topological polar surface area (TPSA) is 95.9 Å². The van der Waals surface area contributed by atoms with Gasteiger partial charge in [-0.1, -0.05) is 36.4 Å². The van der Waals surface area contributed by atoms with Crippen LogP contribution in [-0.4, -0.2) is 47.5 Å². The summed E-state index contributed by atoms with van der Waals surface area (Å²) in [5.41, 5.74) is 1.44. The average Bonchev–Trinajstić information content (AvgIpc) is 3.56. The number of amides is 2. The standard InChI is InChI=1S/C22H24N2O5/c1-24(19(22(27)28)12-15-6-3-2-4-7-15)20(25)14-29-18-9-5-8-17(13-18)23-21(26)16-10-11-16/h2-9,13,16,19H,10-12,14H2,1H3,(H,23,26)(H,27,28). The van der Waals surface area contributed by atoms with Crippen molar-refractivity contribution in [3.05, 3.63) is 60.2 Å². The minimum absolute atomic E-state index is 0.0110. The molecule has 0 bridgehead atoms. The Balaban J connectivity index is 1.57. The number of ether oxygens (including phenoxy) is 1. The minimum Gasteiger partial charge on any atom is -0.484 e. The van der Waals surface area contributed by atoms with Crippen molar-refractivity contribution in [3.8, 4) is 5.75 Å². The molecule has 0 aliphatic heterocycles. The summed E-state index contributed by atoms with van der Waals surface area (Å²) in [5.74, 6) is -1.01. The third-order valence-electron chi connectivity index (χ3n) is 4.83. The second-order valence-electron chi connectivity index (χ2n) is 7.13. The summed E-state index contributed by atoms with van der Waals surface area (Å²) in [4.78, 5) is 37.2. The van der Waals surface area contributed by atoms with Crippen LogP contribution in [0.3, 0.4) is 0 Å². The lowest BCUT2D eigenvalue weighted by atomic mass is 10.1. The minimum atomic E-state index is -1.07. The van der Waals surface area contributed by atoms with Crippen LogP contribution in [0.25, 0.3) is 0 Å². The maximum absolute atomic E-state index is 12.5. The van der Waals surface area contributed by atoms with Crippen LogP contribution in [0, 0.1) is 5.92 Å². The van der Waals surface area contributed by atoms with Gasteiger partial charge in [-0.3, -0.25) is 9.59 Å². The molecule has 1 fully saturated rings. The van der Waals surface area contributed by atoms with Crippen molar-refractivity contribution < 1.29 is 24.2 Å². The predicted octanol–water partition coefficient (Wildman–Crippen LogP) is 2.57. The molecule has 1 aliphatic carbocycles. The summed E-state index contributed by atoms with van der Waals surface area (Å²) in [5, 5.41) is 12.4. The molecule has 2 aromatic rings. The zero-order valence-corrected chi connectivity index (χ0v) is 16.2. The van der Waals surface area contributed by atoms with Gasteiger partial charge in [-0.2, -0.15) is 0 Å². The van der Waals surface area contributed by atoms with Crippen molar-refractivity contribution in [3.63, 3.8) is 0 Å². The molecule has 0 aromatic heterocycles. The molecule has 2 amide bonds. The molecule has 0 heterocycles. The first-order valence-electron chi connectivity index (χ1n) is 9.50. The van der Waals surface area contributed by atoms with Gasteiger partial charge in [0.05, 0.1) is 0 Å². The van der Waals surface area contributed by atoms with E-state index in [0.29, 0.717) is 11.4 Å². The van der Waals surface area contributed by atoms with Gasteiger partial charge in [0.15, 0.2) is 6.61 Å². The molecule has 0 radical (unpaired) electrons. The molecule has 7 heteroatoms. The van der Waals surface area contributed by atoms with Crippen molar-refractivity contribution in [1.82, 2.24) is 4.90 Å². The van der Waals surface area contributed by atoms with Gasteiger partial charge in [-0.25, -0.2) is 4.79 Å². The van der Waals surface area contributed by atoms with E-state index in [1.165, 1.54) is 11.9 Å². The maximum Gasteiger partial charge on any atom is 0.326 e. The molecular weight excluding hydrogens is 372 g/mol. The summed E-state index contributed by atoms with van der Waals surface area (Å²) in [6.07, 6.45) is 2.04. The van der Waals surface area contributed by atoms with Crippen molar-refractivity contribution in [1.29, 1.82) is 0 Å². The van der Waals surface area contributed by atoms with E-state index in [0.717, 1.165) is 18.4 Å². The molecule has 1 unspecified atom stereocenters. The number of aliphatic carboxylic acids is 1. The number of hydrogen-bond acceptors (Lipinski definition) is 4. The number of likely N-dealkylation sites (N-methyl/N-ethyl adjacent to an activating group) is 1. The number of carbonyl (C=O) groups is 3. The third-order valence-corrected chi connectivity index (χ3v) is 4.83. The van der Waals surface area contributed by atoms with Gasteiger partial charge in [0.2, 0.25) is 5.91 Å². The molecule has 1 saturated carbocycles. The van der Waals surface area contributed by atoms with E-state index < -0.39 is 17.9 Å². The van der Waals surface area contributed by atoms with Crippen LogP contribution >= 0.6 is 0 Å². The Bertz CT molecular complexity index is 880. The summed E-state index contributed by atoms with van der Waals surface area (Å²) < 4.78 is 5.53. The molecular formula is C22H24N2O5. The predicted molar refractivity (Wildman–Crippen MR) is 108 cm³/mol. The number of nitrogens with one attached hydrogen (secondary N) is 1. The highest BCUT2D eigenvalue weighted by atomic mass is 16.5. The molecule has 29 heavy (non-hydrogen) atoms. The van der Waals surface area contributed by atoms with Crippen molar-refractivity contribution in [2.45, 2.75) is 25.3 Å². The molecule has 2 aromatic carbocycles. The molecule has 3 rings (SSSR count). The fourth-order valence-corrected chi connectivity index (χ4v) is 2.90. The number of carbonyl (C=O) groups excluding carboxylic acids is 2. The third kappa shape index (κ3) is 5.81. The first kappa shape index (κ1) is 20.4. The van der Waals surface area contributed by atoms with Crippen LogP contribution in [0.15, 0.2) is 54.6 Å². The van der Waals surface area contributed by atoms with Gasteiger partial charge in [-0.15, -0.1) is 0 Å². The second kappa shape index (κ2) is 9.23. The maximum atomic E-state index is 12.5. The Kier molecular flexibility index (Phi) is 6.49. The number of nitrogens with zero attached hydrogens (tertiary/aromatic N) is 1. The molecule has 1 atom stereocenters. The number of carboxylic acid groups (broad SMARTS) is 1. The van der Waals surface area contributed by atoms with E-state index in [9.17, 15) is 19.5 Å². The van der Waals surface area contributed by atoms with Crippen LogP contribution in [0.4, 0.5) is 5.69 Å². The Morgan fingerprint density at radius 2 is 1.86 bits per heavy atom. The van der Waals surface area contributed by atoms with Gasteiger partial charge >= 0.3 is 5.97 Å². The van der Waals surface area contributed by atoms with E-state index in [2.05, 4.69) is 5.32 Å². The summed E-state index contributed by atoms with van der Waals surface area (Å²) in [7, 11) is 1.46. The van der Waals surface area contributed by atoms with Crippen molar-refractivity contribution in [2.24, 2.45) is 5.92 Å². The first-order chi connectivity index (χ1) is 13.9. The number of rotatable bonds is 9. The molecule has 152 valence electrons. The fourth-order valence-electron chi connectivity index (χ4n) is 2.90. The van der Waals surface area contributed by atoms with Gasteiger partial charge in [0.1, 0.15) is 11.8 Å². The van der Waals surface area contributed by atoms with Crippen LogP contribution in [0.1, 0.15) is 18.4 Å². The second-order valence-corrected chi connectivity index (χ2v) is 7.13. The van der Waals surface area contributed by atoms with E-state index in [4.69, 9.17) is 4.74 Å². The highest BCUT2D eigenvalue weighted by molar-refractivity contribution is 5.94. The lowest BCUT2D eigenvalue weighted by molar-refractivity contribution is -0.149. The molecule has 0 saturated heterocycles. The van der Waals surface area contributed by atoms with Crippen LogP contribution in [0.2, 0.25) is 0 Å². The van der Waals surface area contributed by atoms with E-state index in [1.807, 2.05) is 30.3 Å². The van der Waals surface area contributed by atoms with E-state index in [1.54, 1.807) is 24.3 Å². The highest BCUT2D eigenvalue weighted by Crippen LogP contribution is 2.30. The highest BCUT2D eigenvalue weighted by Gasteiger charge is 2.29. The zero-order chi connectivity index (χ0) is 20.8. The van der Waals surface area contributed by atoms with Crippen LogP contribution < -0.4 is 10.1 Å². The molecule has 2 N–H and O–H groups in total. The SMILES string of the molecule is CN(C(=O)COc1cccc(NC(=O)C2CC2)c1)C(Cc1ccccc1)C(=O)O. The fraction of sp³-hybridized carbons (Fsp3) is 0.318. The van der Waals surface area contributed by atoms with Crippen LogP contribution in [-0.2, 0) is 20.8 Å². The van der Waals surface area contributed by atoms with Crippen LogP contribution in [0.5, 0.6) is 5.75 Å². The van der Waals surface area contributed by atoms with Crippen molar-refractivity contribution >= 4 is 23.5 Å². The molecule has 7 nitrogen and oxygen atoms in total. The number of carboxylic acids is 1. The van der Waals surface area contributed by atoms with Gasteiger partial charge in [-0.05, 0) is 30.5 Å². The first-order valence-corrected chi connectivity index (χ1v) is 9.50. The number of benzene rings is 2. The molecule has 1 aliphatic rings. The average molecular weight is 396 g/mol. The van der Waals surface area contributed by atoms with Crippen molar-refractivity contribution in [2.75, 3.05) is 19.0 Å². The number of hydrogen-bond donors (Lipinski definition) is 2. The molecule has 0 spiro atoms. The zero-order valence-electron chi connectivity index (χ0n) is 16.2. The Labute approximate surface area is 169 Å². The number of anilines is 1. The Morgan fingerprint density at radius 1 is 1.14 bits per heavy atom. The Hall–Kier alpha value is -3.35. The van der Waals surface area contributed by atoms with E-state index >= 15 is 0 Å². The largest absolute Gasteiger partial charge is 0.484 e. The van der Waals surface area contributed by atoms with Gasteiger partial charge < -0.3 is 20.1 Å². The Morgan fingerprint density at radius 3 is 2.52 bits per heavy atom. The van der Waals surface area contributed by atoms with E-state index in [-0.39, 0.29) is 24.9 Å². The lowest BCUT2D eigenvalue weighted by Gasteiger charge is -2.25. The smallest absolute Gasteiger partial charge is 0.326 e. The monoisotopic (exact) mass is 396 g/mol. The summed E-state index contributed by atoms with van der Waals surface area (Å²) in [6, 6.07) is 15.0. The van der Waals surface area contributed by atoms with Gasteiger partial charge in [0.25, 0.3) is 5.91 Å². The summed E-state index contributed by atoms with van der Waals surface area (Å²) in [6.45, 7) is -0.297. The normalized spacial score (nSPS) is 14.0. The summed E-state index contributed by atoms with van der Waals surface area (Å²) >= 11 is 0. The lowest BCUT2D eigenvalue weighted by Crippen LogP contribution is -2.45.